The zero-order chi connectivity index (χ0) is 23.8. The van der Waals surface area contributed by atoms with Gasteiger partial charge in [0.25, 0.3) is 5.91 Å². The van der Waals surface area contributed by atoms with Crippen molar-refractivity contribution in [2.45, 2.75) is 58.0 Å². The van der Waals surface area contributed by atoms with Crippen LogP contribution in [-0.4, -0.2) is 48.0 Å². The van der Waals surface area contributed by atoms with Crippen LogP contribution in [0.15, 0.2) is 39.0 Å². The van der Waals surface area contributed by atoms with Gasteiger partial charge >= 0.3 is 5.63 Å². The molecule has 0 unspecified atom stereocenters. The summed E-state index contributed by atoms with van der Waals surface area (Å²) in [4.78, 5) is 29.6. The van der Waals surface area contributed by atoms with Crippen LogP contribution >= 0.6 is 11.8 Å². The van der Waals surface area contributed by atoms with Gasteiger partial charge in [0.05, 0.1) is 12.1 Å². The average Bonchev–Trinajstić information content (AvgIpc) is 3.16. The van der Waals surface area contributed by atoms with Crippen LogP contribution < -0.4 is 21.4 Å². The van der Waals surface area contributed by atoms with Gasteiger partial charge in [-0.25, -0.2) is 9.79 Å². The number of thioether (sulfide) groups is 1. The number of ether oxygens (including phenoxy) is 3. The van der Waals surface area contributed by atoms with Gasteiger partial charge in [-0.05, 0) is 27.2 Å². The highest BCUT2D eigenvalue weighted by molar-refractivity contribution is 8.14. The second-order valence-electron chi connectivity index (χ2n) is 7.37. The Bertz CT molecular complexity index is 881. The van der Waals surface area contributed by atoms with Crippen LogP contribution in [0.3, 0.4) is 0 Å². The van der Waals surface area contributed by atoms with Crippen molar-refractivity contribution in [3.05, 3.63) is 41.0 Å². The van der Waals surface area contributed by atoms with Crippen molar-refractivity contribution in [1.29, 1.82) is 0 Å². The first kappa shape index (κ1) is 26.1. The molecule has 0 fully saturated rings. The maximum atomic E-state index is 13.2. The van der Waals surface area contributed by atoms with Gasteiger partial charge in [-0.1, -0.05) is 26.0 Å². The number of hydrogen-bond donors (Lipinski definition) is 2. The molecule has 1 aliphatic heterocycles. The Kier molecular flexibility index (Phi) is 9.50. The molecule has 2 atom stereocenters. The summed E-state index contributed by atoms with van der Waals surface area (Å²) in [6.45, 7) is 12.1. The first-order valence-electron chi connectivity index (χ1n) is 10.7. The molecule has 1 aromatic heterocycles. The van der Waals surface area contributed by atoms with Gasteiger partial charge in [-0.2, -0.15) is 0 Å². The minimum atomic E-state index is -1.50. The number of carbonyl (C=O) groups excluding carboxylic acids is 1. The van der Waals surface area contributed by atoms with Gasteiger partial charge in [0, 0.05) is 25.0 Å². The summed E-state index contributed by atoms with van der Waals surface area (Å²) in [5.74, 6) is -0.681. The third-order valence-electron chi connectivity index (χ3n) is 4.71. The van der Waals surface area contributed by atoms with Crippen LogP contribution in [-0.2, 0) is 14.3 Å². The first-order valence-corrected chi connectivity index (χ1v) is 11.7. The number of nitrogens with one attached hydrogen (secondary N) is 1. The van der Waals surface area contributed by atoms with E-state index in [1.807, 2.05) is 20.8 Å². The lowest BCUT2D eigenvalue weighted by Crippen LogP contribution is -2.54. The normalized spacial score (nSPS) is 19.3. The molecule has 1 aromatic rings. The fraction of sp³-hybridized carbons (Fsp3) is 0.591. The van der Waals surface area contributed by atoms with Crippen LogP contribution in [0.25, 0.3) is 0 Å². The maximum absolute atomic E-state index is 13.2. The molecular formula is C22H33N3O6S. The largest absolute Gasteiger partial charge is 0.489 e. The molecule has 1 aliphatic rings. The number of carbonyl (C=O) groups is 1. The van der Waals surface area contributed by atoms with E-state index in [1.165, 1.54) is 17.8 Å². The van der Waals surface area contributed by atoms with E-state index in [4.69, 9.17) is 24.4 Å². The van der Waals surface area contributed by atoms with E-state index < -0.39 is 29.0 Å². The fourth-order valence-electron chi connectivity index (χ4n) is 3.23. The highest BCUT2D eigenvalue weighted by Gasteiger charge is 2.46. The predicted octanol–water partition coefficient (Wildman–Crippen LogP) is 2.75. The minimum Gasteiger partial charge on any atom is -0.489 e. The number of aliphatic imine (C=N–C) groups is 1. The van der Waals surface area contributed by atoms with E-state index in [9.17, 15) is 9.59 Å². The van der Waals surface area contributed by atoms with E-state index in [2.05, 4.69) is 16.9 Å². The number of amides is 1. The predicted molar refractivity (Wildman–Crippen MR) is 125 cm³/mol. The maximum Gasteiger partial charge on any atom is 0.339 e. The first-order chi connectivity index (χ1) is 15.2. The van der Waals surface area contributed by atoms with Crippen molar-refractivity contribution in [2.75, 3.05) is 25.6 Å². The summed E-state index contributed by atoms with van der Waals surface area (Å²) >= 11 is 1.33. The molecule has 0 spiro atoms. The van der Waals surface area contributed by atoms with Crippen LogP contribution in [0, 0.1) is 0 Å². The van der Waals surface area contributed by atoms with E-state index in [0.717, 1.165) is 6.42 Å². The van der Waals surface area contributed by atoms with Crippen molar-refractivity contribution >= 4 is 22.7 Å². The summed E-state index contributed by atoms with van der Waals surface area (Å²) in [7, 11) is 0. The molecule has 3 N–H and O–H groups in total. The lowest BCUT2D eigenvalue weighted by molar-refractivity contribution is -0.169. The zero-order valence-electron chi connectivity index (χ0n) is 19.1. The third kappa shape index (κ3) is 6.44. The van der Waals surface area contributed by atoms with Crippen molar-refractivity contribution in [2.24, 2.45) is 10.7 Å². The van der Waals surface area contributed by atoms with Gasteiger partial charge in [-0.15, -0.1) is 11.8 Å². The molecule has 178 valence electrons. The van der Waals surface area contributed by atoms with E-state index in [1.54, 1.807) is 19.1 Å². The van der Waals surface area contributed by atoms with Crippen molar-refractivity contribution in [3.63, 3.8) is 0 Å². The standard InChI is InChI=1S/C22H33N3O6S/c1-6-10-16(17-12-15(28-11-7-2)13-18(26)31-17)24-19(27)22(23)14-32-20(25-22)21(5,29-8-3)30-9-4/h7,12-13,16H,2,6,8-11,14,23H2,1,3-5H3,(H,24,27)/t16-,22+/m1/s1. The third-order valence-corrected chi connectivity index (χ3v) is 6.03. The summed E-state index contributed by atoms with van der Waals surface area (Å²) in [5.41, 5.74) is 4.30. The molecule has 2 rings (SSSR count). The summed E-state index contributed by atoms with van der Waals surface area (Å²) in [6, 6.07) is 2.27. The molecule has 2 heterocycles. The van der Waals surface area contributed by atoms with Crippen LogP contribution in [0.5, 0.6) is 5.75 Å². The van der Waals surface area contributed by atoms with Gasteiger partial charge in [-0.3, -0.25) is 10.5 Å². The van der Waals surface area contributed by atoms with E-state index in [-0.39, 0.29) is 12.4 Å². The smallest absolute Gasteiger partial charge is 0.339 e. The highest BCUT2D eigenvalue weighted by atomic mass is 32.2. The fourth-order valence-corrected chi connectivity index (χ4v) is 4.39. The van der Waals surface area contributed by atoms with Crippen molar-refractivity contribution < 1.29 is 23.4 Å². The Morgan fingerprint density at radius 1 is 1.41 bits per heavy atom. The summed E-state index contributed by atoms with van der Waals surface area (Å²) < 4.78 is 22.3. The second kappa shape index (κ2) is 11.6. The molecule has 32 heavy (non-hydrogen) atoms. The van der Waals surface area contributed by atoms with Crippen LogP contribution in [0.2, 0.25) is 0 Å². The molecule has 10 heteroatoms. The Morgan fingerprint density at radius 3 is 2.69 bits per heavy atom. The van der Waals surface area contributed by atoms with Crippen molar-refractivity contribution in [1.82, 2.24) is 5.32 Å². The lowest BCUT2D eigenvalue weighted by atomic mass is 10.1. The zero-order valence-corrected chi connectivity index (χ0v) is 20.0. The monoisotopic (exact) mass is 467 g/mol. The number of hydrogen-bond acceptors (Lipinski definition) is 9. The highest BCUT2D eigenvalue weighted by Crippen LogP contribution is 2.33. The lowest BCUT2D eigenvalue weighted by Gasteiger charge is -2.28. The van der Waals surface area contributed by atoms with Gasteiger partial charge in [0.2, 0.25) is 5.79 Å². The Hall–Kier alpha value is -2.14. The van der Waals surface area contributed by atoms with E-state index in [0.29, 0.717) is 36.2 Å². The Balaban J connectivity index is 2.26. The molecule has 0 radical (unpaired) electrons. The number of nitrogens with two attached hydrogens (primary N) is 1. The van der Waals surface area contributed by atoms with Gasteiger partial charge in [0.1, 0.15) is 23.2 Å². The SMILES string of the molecule is C=CCOc1cc([C@@H](CCC)NC(=O)[C@]2(N)CSC(C(C)(OCC)OCC)=N2)oc(=O)c1. The topological polar surface area (TPSA) is 125 Å². The molecular weight excluding hydrogens is 434 g/mol. The number of nitrogens with zero attached hydrogens (tertiary/aromatic N) is 1. The summed E-state index contributed by atoms with van der Waals surface area (Å²) in [6.07, 6.45) is 2.85. The Morgan fingerprint density at radius 2 is 2.09 bits per heavy atom. The molecule has 0 saturated carbocycles. The second-order valence-corrected chi connectivity index (χ2v) is 8.33. The van der Waals surface area contributed by atoms with E-state index >= 15 is 0 Å². The Labute approximate surface area is 192 Å². The average molecular weight is 468 g/mol. The minimum absolute atomic E-state index is 0.231. The van der Waals surface area contributed by atoms with Crippen molar-refractivity contribution in [3.8, 4) is 5.75 Å². The molecule has 0 aliphatic carbocycles. The molecule has 0 saturated heterocycles. The molecule has 0 aromatic carbocycles. The van der Waals surface area contributed by atoms with Crippen LogP contribution in [0.1, 0.15) is 52.3 Å². The molecule has 9 nitrogen and oxygen atoms in total. The summed E-state index contributed by atoms with van der Waals surface area (Å²) in [5, 5.41) is 3.40. The number of rotatable bonds is 13. The molecule has 0 bridgehead atoms. The molecule has 1 amide bonds. The van der Waals surface area contributed by atoms with Crippen LogP contribution in [0.4, 0.5) is 0 Å². The van der Waals surface area contributed by atoms with Gasteiger partial charge < -0.3 is 23.9 Å². The quantitative estimate of drug-likeness (QED) is 0.335. The van der Waals surface area contributed by atoms with Gasteiger partial charge in [0.15, 0.2) is 5.66 Å².